The van der Waals surface area contributed by atoms with Crippen LogP contribution in [0.25, 0.3) is 0 Å². The number of hydrogen-bond donors (Lipinski definition) is 9. The van der Waals surface area contributed by atoms with Gasteiger partial charge in [0.2, 0.25) is 11.8 Å². The molecule has 3 amide bonds. The van der Waals surface area contributed by atoms with Gasteiger partial charge < -0.3 is 53.0 Å². The minimum atomic E-state index is -1.60. The minimum absolute atomic E-state index is 0.0917. The first kappa shape index (κ1) is 35.2. The molecule has 0 saturated carbocycles. The molecule has 15 heteroatoms. The average Bonchev–Trinajstić information content (AvgIpc) is 3.47. The summed E-state index contributed by atoms with van der Waals surface area (Å²) in [4.78, 5) is 52.9. The third kappa shape index (κ3) is 11.3. The highest BCUT2D eigenvalue weighted by molar-refractivity contribution is 5.94. The Labute approximate surface area is 251 Å². The van der Waals surface area contributed by atoms with Crippen molar-refractivity contribution in [3.8, 4) is 5.75 Å². The van der Waals surface area contributed by atoms with Gasteiger partial charge in [0.25, 0.3) is 5.91 Å². The molecule has 1 aliphatic heterocycles. The highest BCUT2D eigenvalue weighted by atomic mass is 16.5. The Hall–Kier alpha value is -3.95. The molecule has 43 heavy (non-hydrogen) atoms. The number of hydrogen-bond acceptors (Lipinski definition) is 9. The Kier molecular flexibility index (Phi) is 14.7. The van der Waals surface area contributed by atoms with Crippen molar-refractivity contribution in [2.45, 2.75) is 81.6 Å². The monoisotopic (exact) mass is 606 g/mol. The number of guanidine groups is 1. The summed E-state index contributed by atoms with van der Waals surface area (Å²) >= 11 is 0. The zero-order valence-electron chi connectivity index (χ0n) is 24.6. The van der Waals surface area contributed by atoms with E-state index in [1.165, 1.54) is 4.90 Å². The van der Waals surface area contributed by atoms with Crippen LogP contribution < -0.4 is 37.9 Å². The summed E-state index contributed by atoms with van der Waals surface area (Å²) in [6.07, 6.45) is 1.22. The van der Waals surface area contributed by atoms with Crippen molar-refractivity contribution < 1.29 is 34.1 Å². The zero-order valence-corrected chi connectivity index (χ0v) is 24.6. The number of nitrogens with two attached hydrogens (primary N) is 3. The van der Waals surface area contributed by atoms with Gasteiger partial charge in [0.15, 0.2) is 5.96 Å². The lowest BCUT2D eigenvalue weighted by Crippen LogP contribution is -2.57. The molecule has 0 bridgehead atoms. The first-order chi connectivity index (χ1) is 20.5. The van der Waals surface area contributed by atoms with Gasteiger partial charge in [-0.05, 0) is 75.6 Å². The zero-order chi connectivity index (χ0) is 31.9. The van der Waals surface area contributed by atoms with E-state index in [-0.39, 0.29) is 38.3 Å². The van der Waals surface area contributed by atoms with Gasteiger partial charge in [0, 0.05) is 19.1 Å². The molecule has 1 aliphatic rings. The van der Waals surface area contributed by atoms with Crippen LogP contribution in [0.3, 0.4) is 0 Å². The number of likely N-dealkylation sites (tertiary alicyclic amines) is 1. The number of aliphatic hydroxyl groups excluding tert-OH is 1. The number of nitrogens with one attached hydrogen (secondary N) is 4. The molecule has 0 aromatic heterocycles. The summed E-state index contributed by atoms with van der Waals surface area (Å²) in [6.45, 7) is 0.903. The summed E-state index contributed by atoms with van der Waals surface area (Å²) < 4.78 is 5.13. The van der Waals surface area contributed by atoms with Gasteiger partial charge in [-0.2, -0.15) is 0 Å². The second-order valence-corrected chi connectivity index (χ2v) is 10.6. The van der Waals surface area contributed by atoms with Crippen LogP contribution in [0.2, 0.25) is 0 Å². The number of carboxylic acids is 1. The molecule has 0 aliphatic carbocycles. The number of nitrogens with zero attached hydrogens (tertiary/aromatic N) is 1. The number of benzene rings is 1. The first-order valence-electron chi connectivity index (χ1n) is 14.5. The van der Waals surface area contributed by atoms with E-state index < -0.39 is 54.0 Å². The Balaban J connectivity index is 2.07. The van der Waals surface area contributed by atoms with E-state index in [9.17, 15) is 29.4 Å². The van der Waals surface area contributed by atoms with Crippen molar-refractivity contribution in [2.75, 3.05) is 26.7 Å². The van der Waals surface area contributed by atoms with E-state index in [0.29, 0.717) is 44.4 Å². The molecule has 5 atom stereocenters. The first-order valence-corrected chi connectivity index (χ1v) is 14.5. The lowest BCUT2D eigenvalue weighted by molar-refractivity contribution is -0.145. The molecule has 1 saturated heterocycles. The van der Waals surface area contributed by atoms with Crippen LogP contribution in [0, 0.1) is 5.41 Å². The largest absolute Gasteiger partial charge is 0.497 e. The number of ether oxygens (including phenoxy) is 1. The summed E-state index contributed by atoms with van der Waals surface area (Å²) in [5.41, 5.74) is 17.8. The van der Waals surface area contributed by atoms with E-state index in [4.69, 9.17) is 27.3 Å². The summed E-state index contributed by atoms with van der Waals surface area (Å²) in [5, 5.41) is 35.2. The smallest absolute Gasteiger partial charge is 0.326 e. The van der Waals surface area contributed by atoms with Gasteiger partial charge in [-0.25, -0.2) is 4.79 Å². The van der Waals surface area contributed by atoms with Crippen molar-refractivity contribution in [1.29, 1.82) is 5.41 Å². The Morgan fingerprint density at radius 2 is 1.77 bits per heavy atom. The second kappa shape index (κ2) is 17.9. The molecule has 12 N–H and O–H groups in total. The summed E-state index contributed by atoms with van der Waals surface area (Å²) in [7, 11) is 1.54. The SMILES string of the molecule is COc1ccc(C[C@@H](N)[C@H](O)C(=O)N[C@@H](CCCCN)C(=O)N2CCC[C@H]2C(=O)N[C@@H](CCCNC(=N)N)C(=O)O)cc1. The number of amides is 3. The van der Waals surface area contributed by atoms with Crippen LogP contribution in [0.15, 0.2) is 24.3 Å². The van der Waals surface area contributed by atoms with E-state index in [2.05, 4.69) is 16.0 Å². The van der Waals surface area contributed by atoms with Crippen molar-refractivity contribution in [2.24, 2.45) is 17.2 Å². The maximum Gasteiger partial charge on any atom is 0.326 e. The molecule has 0 spiro atoms. The molecular formula is C28H46N8O7. The predicted molar refractivity (Wildman–Crippen MR) is 159 cm³/mol. The van der Waals surface area contributed by atoms with Crippen LogP contribution >= 0.6 is 0 Å². The number of aliphatic hydroxyl groups is 1. The topological polar surface area (TPSA) is 259 Å². The van der Waals surface area contributed by atoms with Crippen molar-refractivity contribution in [3.05, 3.63) is 29.8 Å². The number of carbonyl (C=O) groups excluding carboxylic acids is 3. The number of rotatable bonds is 18. The molecule has 240 valence electrons. The number of unbranched alkanes of at least 4 members (excludes halogenated alkanes) is 1. The van der Waals surface area contributed by atoms with Crippen LogP contribution in [-0.2, 0) is 25.6 Å². The van der Waals surface area contributed by atoms with Crippen LogP contribution in [0.1, 0.15) is 50.5 Å². The van der Waals surface area contributed by atoms with Crippen molar-refractivity contribution in [3.63, 3.8) is 0 Å². The van der Waals surface area contributed by atoms with Gasteiger partial charge >= 0.3 is 5.97 Å². The molecule has 1 aromatic carbocycles. The Morgan fingerprint density at radius 1 is 1.09 bits per heavy atom. The molecule has 1 fully saturated rings. The molecule has 1 heterocycles. The molecule has 2 rings (SSSR count). The van der Waals surface area contributed by atoms with Gasteiger partial charge in [-0.1, -0.05) is 12.1 Å². The van der Waals surface area contributed by atoms with E-state index >= 15 is 0 Å². The summed E-state index contributed by atoms with van der Waals surface area (Å²) in [5.74, 6) is -2.72. The molecular weight excluding hydrogens is 560 g/mol. The third-order valence-electron chi connectivity index (χ3n) is 7.30. The third-order valence-corrected chi connectivity index (χ3v) is 7.30. The van der Waals surface area contributed by atoms with Crippen LogP contribution in [0.5, 0.6) is 5.75 Å². The quantitative estimate of drug-likeness (QED) is 0.0520. The predicted octanol–water partition coefficient (Wildman–Crippen LogP) is -1.64. The number of carbonyl (C=O) groups is 4. The molecule has 1 aromatic rings. The van der Waals surface area contributed by atoms with Crippen molar-refractivity contribution >= 4 is 29.7 Å². The Bertz CT molecular complexity index is 1090. The van der Waals surface area contributed by atoms with Gasteiger partial charge in [0.1, 0.15) is 30.0 Å². The fraction of sp³-hybridized carbons (Fsp3) is 0.607. The van der Waals surface area contributed by atoms with Crippen LogP contribution in [0.4, 0.5) is 0 Å². The maximum absolute atomic E-state index is 13.6. The lowest BCUT2D eigenvalue weighted by Gasteiger charge is -2.30. The Morgan fingerprint density at radius 3 is 2.37 bits per heavy atom. The molecule has 15 nitrogen and oxygen atoms in total. The average molecular weight is 607 g/mol. The lowest BCUT2D eigenvalue weighted by atomic mass is 10.0. The second-order valence-electron chi connectivity index (χ2n) is 10.6. The molecule has 0 radical (unpaired) electrons. The maximum atomic E-state index is 13.6. The minimum Gasteiger partial charge on any atom is -0.497 e. The van der Waals surface area contributed by atoms with Crippen molar-refractivity contribution in [1.82, 2.24) is 20.9 Å². The number of aliphatic carboxylic acids is 1. The van der Waals surface area contributed by atoms with E-state index in [1.54, 1.807) is 31.4 Å². The van der Waals surface area contributed by atoms with E-state index in [0.717, 1.165) is 5.56 Å². The standard InChI is InChI=1S/C28H46N8O7/c1-43-18-11-9-17(10-12-18)16-19(30)23(37)25(39)34-20(6-2-3-13-29)26(40)36-15-5-8-22(36)24(38)35-21(27(41)42)7-4-14-33-28(31)32/h9-12,19-23,37H,2-8,13-16,29-30H2,1H3,(H,34,39)(H,35,38)(H,41,42)(H4,31,32,33)/t19-,20+,21+,22+,23+/m1/s1. The highest BCUT2D eigenvalue weighted by Gasteiger charge is 2.39. The number of carboxylic acid groups (broad SMARTS) is 1. The fourth-order valence-corrected chi connectivity index (χ4v) is 4.90. The van der Waals surface area contributed by atoms with E-state index in [1.807, 2.05) is 0 Å². The highest BCUT2D eigenvalue weighted by Crippen LogP contribution is 2.21. The van der Waals surface area contributed by atoms with Crippen LogP contribution in [-0.4, -0.2) is 102 Å². The van der Waals surface area contributed by atoms with Gasteiger partial charge in [0.05, 0.1) is 7.11 Å². The normalized spacial score (nSPS) is 17.3. The van der Waals surface area contributed by atoms with Gasteiger partial charge in [-0.3, -0.25) is 19.8 Å². The molecule has 0 unspecified atom stereocenters. The van der Waals surface area contributed by atoms with Gasteiger partial charge in [-0.15, -0.1) is 0 Å². The number of methoxy groups -OCH3 is 1. The summed E-state index contributed by atoms with van der Waals surface area (Å²) in [6, 6.07) is 2.95. The fourth-order valence-electron chi connectivity index (χ4n) is 4.90.